The van der Waals surface area contributed by atoms with Gasteiger partial charge in [0.15, 0.2) is 18.7 Å². The number of benzene rings is 2. The van der Waals surface area contributed by atoms with Crippen LogP contribution in [0.25, 0.3) is 0 Å². The van der Waals surface area contributed by atoms with Gasteiger partial charge in [-0.25, -0.2) is 4.79 Å². The molecule has 0 bridgehead atoms. The van der Waals surface area contributed by atoms with Crippen LogP contribution >= 0.6 is 11.8 Å². The van der Waals surface area contributed by atoms with Crippen molar-refractivity contribution in [3.63, 3.8) is 0 Å². The average Bonchev–Trinajstić information content (AvgIpc) is 3.69. The zero-order chi connectivity index (χ0) is 52.0. The second-order valence-electron chi connectivity index (χ2n) is 21.5. The van der Waals surface area contributed by atoms with E-state index in [0.29, 0.717) is 18.4 Å². The van der Waals surface area contributed by atoms with Gasteiger partial charge in [-0.2, -0.15) is 0 Å². The molecule has 0 saturated carbocycles. The number of carbonyl (C=O) groups excluding carboxylic acids is 3. The fraction of sp³-hybridized carbons (Fsp3) is 0.696. The minimum atomic E-state index is -1.22. The Morgan fingerprint density at radius 2 is 1.49 bits per heavy atom. The standard InChI is InChI=1S/C56H83NO13S/c1-15-43-56(10)45(41(31-64-56)32-71-27-26-39-22-18-16-19-23-39)35(4)46(58)33(2)29-54(8,62-13)49(70-53-47(59)42(57(11)12)28-34(3)65-53)36(5)48(37(6)51(60)67-43)68-44-30-55(9,63-14)50(38(7)66-44)69-52(61)40-24-20-17-21-25-40/h16-25,32-38,42-45,47-50,53,59H,15,26-31H2,1-14H3/b41-32+/t33?,34-,35?,36+,37-,38+,42+,43-,44+,45-,47-,48+,49-,50?,53+,54-,55-,56-/m1/s1. The molecule has 0 amide bonds. The molecule has 4 aliphatic heterocycles. The van der Waals surface area contributed by atoms with Gasteiger partial charge >= 0.3 is 11.9 Å². The summed E-state index contributed by atoms with van der Waals surface area (Å²) in [4.78, 5) is 45.6. The lowest BCUT2D eigenvalue weighted by molar-refractivity contribution is -0.319. The number of ether oxygens (including phenoxy) is 9. The fourth-order valence-electron chi connectivity index (χ4n) is 11.8. The zero-order valence-electron chi connectivity index (χ0n) is 44.7. The molecule has 2 aromatic rings. The third kappa shape index (κ3) is 12.8. The Hall–Kier alpha value is -3.22. The Morgan fingerprint density at radius 1 is 0.859 bits per heavy atom. The third-order valence-electron chi connectivity index (χ3n) is 16.0. The number of likely N-dealkylation sites (N-methyl/N-ethyl adjacent to an activating group) is 1. The maximum atomic E-state index is 15.1. The quantitative estimate of drug-likeness (QED) is 0.142. The van der Waals surface area contributed by atoms with Crippen LogP contribution in [0.15, 0.2) is 71.6 Å². The van der Waals surface area contributed by atoms with Gasteiger partial charge in [0.1, 0.15) is 29.2 Å². The molecule has 2 aromatic carbocycles. The van der Waals surface area contributed by atoms with E-state index in [1.165, 1.54) is 5.56 Å². The number of nitrogens with zero attached hydrogens (tertiary/aromatic N) is 1. The largest absolute Gasteiger partial charge is 0.459 e. The Kier molecular flexibility index (Phi) is 19.6. The van der Waals surface area contributed by atoms with Gasteiger partial charge in [0.2, 0.25) is 0 Å². The first-order valence-electron chi connectivity index (χ1n) is 25.7. The van der Waals surface area contributed by atoms with E-state index in [0.717, 1.165) is 17.7 Å². The lowest BCUT2D eigenvalue weighted by Gasteiger charge is -2.50. The van der Waals surface area contributed by atoms with Gasteiger partial charge in [0.05, 0.1) is 48.1 Å². The third-order valence-corrected chi connectivity index (χ3v) is 16.9. The van der Waals surface area contributed by atoms with E-state index >= 15 is 9.59 Å². The van der Waals surface area contributed by atoms with E-state index in [1.807, 2.05) is 98.7 Å². The molecule has 4 aliphatic rings. The van der Waals surface area contributed by atoms with Crippen LogP contribution in [0.1, 0.15) is 111 Å². The van der Waals surface area contributed by atoms with Crippen molar-refractivity contribution in [1.82, 2.24) is 4.90 Å². The Bertz CT molecular complexity index is 2090. The molecule has 4 fully saturated rings. The lowest BCUT2D eigenvalue weighted by Crippen LogP contribution is -2.61. The summed E-state index contributed by atoms with van der Waals surface area (Å²) in [5.41, 5.74) is -0.709. The van der Waals surface area contributed by atoms with Gasteiger partial charge < -0.3 is 52.6 Å². The molecule has 3 unspecified atom stereocenters. The van der Waals surface area contributed by atoms with Gasteiger partial charge in [-0.05, 0) is 110 Å². The number of ketones is 1. The van der Waals surface area contributed by atoms with Gasteiger partial charge in [-0.1, -0.05) is 76.2 Å². The van der Waals surface area contributed by atoms with Crippen molar-refractivity contribution in [3.05, 3.63) is 82.8 Å². The molecule has 14 nitrogen and oxygen atoms in total. The molecule has 0 aromatic heterocycles. The summed E-state index contributed by atoms with van der Waals surface area (Å²) >= 11 is 1.70. The van der Waals surface area contributed by atoms with Gasteiger partial charge in [0, 0.05) is 56.1 Å². The summed E-state index contributed by atoms with van der Waals surface area (Å²) < 4.78 is 59.4. The van der Waals surface area contributed by atoms with E-state index in [1.54, 1.807) is 64.1 Å². The maximum Gasteiger partial charge on any atom is 0.338 e. The number of thioether (sulfide) groups is 1. The number of carbonyl (C=O) groups is 3. The van der Waals surface area contributed by atoms with Crippen molar-refractivity contribution in [1.29, 1.82) is 0 Å². The number of fused-ring (bicyclic) bond motifs is 1. The number of rotatable bonds is 14. The van der Waals surface area contributed by atoms with Crippen LogP contribution in [0.3, 0.4) is 0 Å². The fourth-order valence-corrected chi connectivity index (χ4v) is 12.7. The van der Waals surface area contributed by atoms with Crippen LogP contribution in [0.5, 0.6) is 0 Å². The van der Waals surface area contributed by atoms with Crippen LogP contribution in [-0.4, -0.2) is 147 Å². The first-order valence-corrected chi connectivity index (χ1v) is 26.7. The first-order chi connectivity index (χ1) is 33.6. The number of hydrogen-bond acceptors (Lipinski definition) is 15. The molecule has 71 heavy (non-hydrogen) atoms. The van der Waals surface area contributed by atoms with Crippen molar-refractivity contribution < 1.29 is 62.1 Å². The van der Waals surface area contributed by atoms with Crippen LogP contribution in [-0.2, 0) is 58.6 Å². The molecule has 1 N–H and O–H groups in total. The number of hydrogen-bond donors (Lipinski definition) is 1. The van der Waals surface area contributed by atoms with Crippen LogP contribution in [0, 0.1) is 29.6 Å². The summed E-state index contributed by atoms with van der Waals surface area (Å²) in [6.45, 7) is 19.3. The first kappa shape index (κ1) is 57.1. The number of aliphatic hydroxyl groups excluding tert-OH is 1. The number of methoxy groups -OCH3 is 2. The maximum absolute atomic E-state index is 15.1. The summed E-state index contributed by atoms with van der Waals surface area (Å²) in [5.74, 6) is -3.31. The van der Waals surface area contributed by atoms with E-state index in [4.69, 9.17) is 42.6 Å². The second-order valence-corrected chi connectivity index (χ2v) is 22.4. The monoisotopic (exact) mass is 1010 g/mol. The smallest absolute Gasteiger partial charge is 0.338 e. The number of aryl methyl sites for hydroxylation is 1. The predicted octanol–water partition coefficient (Wildman–Crippen LogP) is 8.46. The van der Waals surface area contributed by atoms with Crippen molar-refractivity contribution in [2.75, 3.05) is 40.7 Å². The van der Waals surface area contributed by atoms with E-state index in [9.17, 15) is 9.90 Å². The highest BCUT2D eigenvalue weighted by Crippen LogP contribution is 2.48. The minimum Gasteiger partial charge on any atom is -0.459 e. The lowest BCUT2D eigenvalue weighted by atomic mass is 9.69. The van der Waals surface area contributed by atoms with Crippen molar-refractivity contribution in [2.45, 2.75) is 179 Å². The summed E-state index contributed by atoms with van der Waals surface area (Å²) in [5, 5.41) is 14.1. The molecule has 0 aliphatic carbocycles. The number of Topliss-reactive ketones (excluding diaryl/α,β-unsaturated/α-hetero) is 1. The van der Waals surface area contributed by atoms with Gasteiger partial charge in [0.25, 0.3) is 0 Å². The number of esters is 2. The molecule has 396 valence electrons. The molecule has 6 rings (SSSR count). The zero-order valence-corrected chi connectivity index (χ0v) is 45.5. The topological polar surface area (TPSA) is 158 Å². The minimum absolute atomic E-state index is 0.0159. The van der Waals surface area contributed by atoms with Gasteiger partial charge in [-0.15, -0.1) is 11.8 Å². The molecular formula is C56H83NO13S. The van der Waals surface area contributed by atoms with E-state index < -0.39 is 108 Å². The van der Waals surface area contributed by atoms with Crippen LogP contribution in [0.4, 0.5) is 0 Å². The Balaban J connectivity index is 1.40. The summed E-state index contributed by atoms with van der Waals surface area (Å²) in [6, 6.07) is 18.8. The molecule has 15 heteroatoms. The summed E-state index contributed by atoms with van der Waals surface area (Å²) in [7, 11) is 6.99. The predicted molar refractivity (Wildman–Crippen MR) is 273 cm³/mol. The average molecular weight is 1010 g/mol. The van der Waals surface area contributed by atoms with Crippen molar-refractivity contribution >= 4 is 29.5 Å². The Morgan fingerprint density at radius 3 is 2.11 bits per heavy atom. The molecule has 18 atom stereocenters. The van der Waals surface area contributed by atoms with E-state index in [-0.39, 0.29) is 37.4 Å². The molecule has 4 heterocycles. The van der Waals surface area contributed by atoms with Gasteiger partial charge in [-0.3, -0.25) is 9.59 Å². The highest BCUT2D eigenvalue weighted by Gasteiger charge is 2.57. The molecule has 0 spiro atoms. The molecule has 0 radical (unpaired) electrons. The Labute approximate surface area is 427 Å². The normalized spacial score (nSPS) is 40.2. The SMILES string of the molecule is CC[C@H]1OC(=O)[C@H](C)[C@@H](O[C@H]2C[C@@](C)(OC)C(OC(=O)c3ccccc3)[C@H](C)O2)[C@H](C)[C@@H](O[C@@H]2O[C@H](C)C[C@H](N(C)C)[C@H]2O)[C@](C)(OC)CC(C)C(=O)C(C)[C@@H]2/C(=C/SCCc3ccccc3)CO[C@]12C. The number of aliphatic hydroxyl groups is 1. The molecular weight excluding hydrogens is 927 g/mol. The van der Waals surface area contributed by atoms with Crippen LogP contribution in [0.2, 0.25) is 0 Å². The highest BCUT2D eigenvalue weighted by atomic mass is 32.2. The van der Waals surface area contributed by atoms with Crippen molar-refractivity contribution in [2.24, 2.45) is 29.6 Å². The van der Waals surface area contributed by atoms with Crippen LogP contribution < -0.4 is 0 Å². The van der Waals surface area contributed by atoms with E-state index in [2.05, 4.69) is 17.5 Å². The highest BCUT2D eigenvalue weighted by molar-refractivity contribution is 8.02. The van der Waals surface area contributed by atoms with Crippen molar-refractivity contribution in [3.8, 4) is 0 Å². The second kappa shape index (κ2) is 24.4. The molecule has 4 saturated heterocycles. The number of cyclic esters (lactones) is 1. The summed E-state index contributed by atoms with van der Waals surface area (Å²) in [6.07, 6.45) is -5.34.